The summed E-state index contributed by atoms with van der Waals surface area (Å²) < 4.78 is 5.44. The highest BCUT2D eigenvalue weighted by Gasteiger charge is 2.29. The topological polar surface area (TPSA) is 54.5 Å². The van der Waals surface area contributed by atoms with E-state index >= 15 is 0 Å². The third-order valence-electron chi connectivity index (χ3n) is 4.98. The lowest BCUT2D eigenvalue weighted by atomic mass is 9.93. The number of rotatable bonds is 5. The summed E-state index contributed by atoms with van der Waals surface area (Å²) in [6.07, 6.45) is 5.18. The number of hydrogen-bond donors (Lipinski definition) is 1. The van der Waals surface area contributed by atoms with E-state index in [-0.39, 0.29) is 11.8 Å². The largest absolute Gasteiger partial charge is 0.381 e. The van der Waals surface area contributed by atoms with E-state index in [0.717, 1.165) is 69.1 Å². The van der Waals surface area contributed by atoms with Gasteiger partial charge in [0.25, 0.3) is 0 Å². The molecule has 3 rings (SSSR count). The van der Waals surface area contributed by atoms with Gasteiger partial charge in [-0.05, 0) is 45.2 Å². The molecule has 0 aromatic carbocycles. The Morgan fingerprint density at radius 3 is 2.74 bits per heavy atom. The van der Waals surface area contributed by atoms with Crippen molar-refractivity contribution in [3.63, 3.8) is 0 Å². The number of hydrogen-bond acceptors (Lipinski definition) is 5. The Morgan fingerprint density at radius 1 is 1.35 bits per heavy atom. The first-order valence-electron chi connectivity index (χ1n) is 8.79. The number of aromatic nitrogens is 1. The van der Waals surface area contributed by atoms with Crippen molar-refractivity contribution in [1.29, 1.82) is 0 Å². The Bertz CT molecular complexity index is 506. The quantitative estimate of drug-likeness (QED) is 0.895. The van der Waals surface area contributed by atoms with E-state index in [9.17, 15) is 4.79 Å². The molecule has 0 saturated carbocycles. The fraction of sp³-hybridized carbons (Fsp3) is 0.765. The van der Waals surface area contributed by atoms with Crippen molar-refractivity contribution in [2.75, 3.05) is 26.3 Å². The van der Waals surface area contributed by atoms with Crippen LogP contribution in [-0.4, -0.2) is 48.1 Å². The summed E-state index contributed by atoms with van der Waals surface area (Å²) in [5.74, 6) is 0.363. The molecule has 6 heteroatoms. The van der Waals surface area contributed by atoms with Crippen LogP contribution in [0.15, 0.2) is 5.38 Å². The van der Waals surface area contributed by atoms with Crippen LogP contribution in [0, 0.1) is 5.92 Å². The van der Waals surface area contributed by atoms with Crippen molar-refractivity contribution >= 4 is 17.2 Å². The number of thiazole rings is 1. The Labute approximate surface area is 142 Å². The molecule has 23 heavy (non-hydrogen) atoms. The van der Waals surface area contributed by atoms with Gasteiger partial charge in [0, 0.05) is 30.6 Å². The van der Waals surface area contributed by atoms with Gasteiger partial charge in [0.2, 0.25) is 5.91 Å². The summed E-state index contributed by atoms with van der Waals surface area (Å²) in [5.41, 5.74) is 1.11. The predicted molar refractivity (Wildman–Crippen MR) is 91.5 cm³/mol. The van der Waals surface area contributed by atoms with Crippen LogP contribution >= 0.6 is 11.3 Å². The summed E-state index contributed by atoms with van der Waals surface area (Å²) in [4.78, 5) is 19.4. The van der Waals surface area contributed by atoms with Crippen molar-refractivity contribution in [3.8, 4) is 0 Å². The van der Waals surface area contributed by atoms with Gasteiger partial charge in [-0.25, -0.2) is 4.98 Å². The van der Waals surface area contributed by atoms with Gasteiger partial charge in [-0.1, -0.05) is 6.92 Å². The van der Waals surface area contributed by atoms with Crippen LogP contribution in [-0.2, 0) is 22.5 Å². The highest BCUT2D eigenvalue weighted by molar-refractivity contribution is 7.09. The first-order chi connectivity index (χ1) is 11.3. The van der Waals surface area contributed by atoms with E-state index in [0.29, 0.717) is 12.6 Å². The van der Waals surface area contributed by atoms with Crippen LogP contribution in [0.1, 0.15) is 43.3 Å². The number of likely N-dealkylation sites (tertiary alicyclic amines) is 1. The van der Waals surface area contributed by atoms with E-state index in [1.165, 1.54) is 0 Å². The maximum absolute atomic E-state index is 12.4. The second-order valence-electron chi connectivity index (χ2n) is 6.46. The molecule has 2 saturated heterocycles. The molecule has 0 spiro atoms. The number of ether oxygens (including phenoxy) is 1. The molecule has 2 fully saturated rings. The maximum atomic E-state index is 12.4. The summed E-state index contributed by atoms with van der Waals surface area (Å²) in [6, 6.07) is 0.663. The van der Waals surface area contributed by atoms with E-state index in [1.54, 1.807) is 11.3 Å². The lowest BCUT2D eigenvalue weighted by Crippen LogP contribution is -2.46. The van der Waals surface area contributed by atoms with Gasteiger partial charge in [0.1, 0.15) is 5.01 Å². The predicted octanol–water partition coefficient (Wildman–Crippen LogP) is 2.21. The molecule has 1 aromatic rings. The highest BCUT2D eigenvalue weighted by Crippen LogP contribution is 2.23. The molecule has 2 aliphatic rings. The van der Waals surface area contributed by atoms with E-state index in [2.05, 4.69) is 27.5 Å². The van der Waals surface area contributed by atoms with Gasteiger partial charge >= 0.3 is 0 Å². The Kier molecular flexibility index (Phi) is 6.02. The Balaban J connectivity index is 1.41. The lowest BCUT2D eigenvalue weighted by Gasteiger charge is -2.38. The van der Waals surface area contributed by atoms with Gasteiger partial charge in [-0.3, -0.25) is 4.79 Å². The molecule has 5 nitrogen and oxygen atoms in total. The summed E-state index contributed by atoms with van der Waals surface area (Å²) in [7, 11) is 0. The summed E-state index contributed by atoms with van der Waals surface area (Å²) >= 11 is 1.64. The fourth-order valence-corrected chi connectivity index (χ4v) is 4.29. The molecule has 0 unspecified atom stereocenters. The van der Waals surface area contributed by atoms with Crippen LogP contribution in [0.2, 0.25) is 0 Å². The third-order valence-corrected chi connectivity index (χ3v) is 5.88. The summed E-state index contributed by atoms with van der Waals surface area (Å²) in [5, 5.41) is 6.16. The first kappa shape index (κ1) is 16.9. The number of aryl methyl sites for hydroxylation is 1. The van der Waals surface area contributed by atoms with E-state index < -0.39 is 0 Å². The molecular formula is C17H27N3O2S. The molecule has 1 N–H and O–H groups in total. The average molecular weight is 337 g/mol. The molecule has 2 aliphatic heterocycles. The normalized spacial score (nSPS) is 21.4. The molecule has 0 atom stereocenters. The molecule has 3 heterocycles. The van der Waals surface area contributed by atoms with Crippen LogP contribution in [0.3, 0.4) is 0 Å². The SMILES string of the molecule is CCc1csc(CNC(=O)C2CCN(C3CCOCC3)CC2)n1. The van der Waals surface area contributed by atoms with Crippen molar-refractivity contribution in [1.82, 2.24) is 15.2 Å². The number of amides is 1. The number of nitrogens with one attached hydrogen (secondary N) is 1. The van der Waals surface area contributed by atoms with Crippen LogP contribution in [0.25, 0.3) is 0 Å². The maximum Gasteiger partial charge on any atom is 0.223 e. The molecule has 1 amide bonds. The van der Waals surface area contributed by atoms with Gasteiger partial charge < -0.3 is 15.0 Å². The minimum Gasteiger partial charge on any atom is -0.381 e. The zero-order valence-corrected chi connectivity index (χ0v) is 14.7. The minimum absolute atomic E-state index is 0.164. The molecule has 0 radical (unpaired) electrons. The standard InChI is InChI=1S/C17H27N3O2S/c1-2-14-12-23-16(19-14)11-18-17(21)13-3-7-20(8-4-13)15-5-9-22-10-6-15/h12-13,15H,2-11H2,1H3,(H,18,21). The minimum atomic E-state index is 0.164. The fourth-order valence-electron chi connectivity index (χ4n) is 3.48. The van der Waals surface area contributed by atoms with Gasteiger partial charge in [0.05, 0.1) is 12.2 Å². The van der Waals surface area contributed by atoms with Crippen LogP contribution in [0.4, 0.5) is 0 Å². The highest BCUT2D eigenvalue weighted by atomic mass is 32.1. The lowest BCUT2D eigenvalue weighted by molar-refractivity contribution is -0.127. The molecule has 1 aromatic heterocycles. The monoisotopic (exact) mass is 337 g/mol. The van der Waals surface area contributed by atoms with E-state index in [4.69, 9.17) is 4.74 Å². The zero-order valence-electron chi connectivity index (χ0n) is 13.9. The smallest absolute Gasteiger partial charge is 0.223 e. The zero-order chi connectivity index (χ0) is 16.1. The number of carbonyl (C=O) groups is 1. The van der Waals surface area contributed by atoms with Crippen molar-refractivity contribution in [3.05, 3.63) is 16.1 Å². The van der Waals surface area contributed by atoms with E-state index in [1.807, 2.05) is 0 Å². The van der Waals surface area contributed by atoms with Crippen LogP contribution < -0.4 is 5.32 Å². The Hall–Kier alpha value is -0.980. The number of nitrogens with zero attached hydrogens (tertiary/aromatic N) is 2. The second-order valence-corrected chi connectivity index (χ2v) is 7.40. The van der Waals surface area contributed by atoms with Gasteiger partial charge in [-0.15, -0.1) is 11.3 Å². The molecule has 0 aliphatic carbocycles. The number of piperidine rings is 1. The number of carbonyl (C=O) groups excluding carboxylic acids is 1. The van der Waals surface area contributed by atoms with Crippen molar-refractivity contribution in [2.45, 2.75) is 51.6 Å². The van der Waals surface area contributed by atoms with Crippen molar-refractivity contribution < 1.29 is 9.53 Å². The summed E-state index contributed by atoms with van der Waals surface area (Å²) in [6.45, 7) is 6.53. The van der Waals surface area contributed by atoms with Gasteiger partial charge in [0.15, 0.2) is 0 Å². The average Bonchev–Trinajstić information content (AvgIpc) is 3.09. The second kappa shape index (κ2) is 8.22. The Morgan fingerprint density at radius 2 is 2.09 bits per heavy atom. The van der Waals surface area contributed by atoms with Crippen LogP contribution in [0.5, 0.6) is 0 Å². The third kappa shape index (κ3) is 4.52. The molecule has 128 valence electrons. The van der Waals surface area contributed by atoms with Gasteiger partial charge in [-0.2, -0.15) is 0 Å². The van der Waals surface area contributed by atoms with Crippen molar-refractivity contribution in [2.24, 2.45) is 5.92 Å². The molecule has 0 bridgehead atoms. The molecular weight excluding hydrogens is 310 g/mol. The first-order valence-corrected chi connectivity index (χ1v) is 9.67.